The smallest absolute Gasteiger partial charge is 0.0613 e. The molecule has 0 bridgehead atoms. The molecule has 2 unspecified atom stereocenters. The molecule has 0 aliphatic carbocycles. The number of nitrogens with zero attached hydrogens (tertiary/aromatic N) is 2. The third-order valence-corrected chi connectivity index (χ3v) is 3.89. The van der Waals surface area contributed by atoms with Crippen molar-refractivity contribution in [3.8, 4) is 5.69 Å². The van der Waals surface area contributed by atoms with Crippen molar-refractivity contribution in [1.82, 2.24) is 9.78 Å². The monoisotopic (exact) mass is 524 g/mol. The third kappa shape index (κ3) is 8.77. The molecule has 1 aromatic carbocycles. The van der Waals surface area contributed by atoms with Crippen molar-refractivity contribution in [2.75, 3.05) is 0 Å². The molecule has 2 rings (SSSR count). The van der Waals surface area contributed by atoms with Gasteiger partial charge in [0.2, 0.25) is 0 Å². The van der Waals surface area contributed by atoms with E-state index in [9.17, 15) is 10.2 Å². The van der Waals surface area contributed by atoms with Crippen LogP contribution in [0.5, 0.6) is 0 Å². The SMILES string of the molecule is CC(C)(C)C(O)CC(O)C(C)(C)C.[Ir].[c-]1ccccc1-n1cccn1. The Labute approximate surface area is 165 Å². The second-order valence-corrected chi connectivity index (χ2v) is 8.20. The molecule has 0 fully saturated rings. The Bertz CT molecular complexity index is 554. The molecule has 1 aromatic heterocycles. The minimum absolute atomic E-state index is 0. The summed E-state index contributed by atoms with van der Waals surface area (Å²) in [6.07, 6.45) is 3.21. The van der Waals surface area contributed by atoms with Crippen LogP contribution in [0.1, 0.15) is 48.0 Å². The predicted molar refractivity (Wildman–Crippen MR) is 97.9 cm³/mol. The molecule has 0 saturated heterocycles. The summed E-state index contributed by atoms with van der Waals surface area (Å²) in [4.78, 5) is 0. The van der Waals surface area contributed by atoms with Gasteiger partial charge in [0.05, 0.1) is 12.2 Å². The molecule has 2 aromatic rings. The maximum absolute atomic E-state index is 9.76. The molecule has 1 heterocycles. The number of hydrogen-bond acceptors (Lipinski definition) is 3. The predicted octanol–water partition coefficient (Wildman–Crippen LogP) is 3.86. The van der Waals surface area contributed by atoms with Gasteiger partial charge in [-0.25, -0.2) is 0 Å². The van der Waals surface area contributed by atoms with Crippen molar-refractivity contribution >= 4 is 0 Å². The summed E-state index contributed by atoms with van der Waals surface area (Å²) < 4.78 is 1.78. The second kappa shape index (κ2) is 10.2. The van der Waals surface area contributed by atoms with E-state index in [-0.39, 0.29) is 30.9 Å². The molecule has 1 radical (unpaired) electrons. The first-order valence-electron chi connectivity index (χ1n) is 8.34. The quantitative estimate of drug-likeness (QED) is 0.601. The van der Waals surface area contributed by atoms with Crippen LogP contribution in [-0.4, -0.2) is 32.2 Å². The van der Waals surface area contributed by atoms with Crippen LogP contribution < -0.4 is 0 Å². The second-order valence-electron chi connectivity index (χ2n) is 8.20. The van der Waals surface area contributed by atoms with Gasteiger partial charge >= 0.3 is 0 Å². The summed E-state index contributed by atoms with van der Waals surface area (Å²) in [5.41, 5.74) is 0.677. The van der Waals surface area contributed by atoms with Gasteiger partial charge < -0.3 is 10.2 Å². The van der Waals surface area contributed by atoms with E-state index in [4.69, 9.17) is 0 Å². The van der Waals surface area contributed by atoms with Crippen LogP contribution in [0.3, 0.4) is 0 Å². The molecular weight excluding hydrogens is 492 g/mol. The Morgan fingerprint density at radius 3 is 1.92 bits per heavy atom. The van der Waals surface area contributed by atoms with Crippen molar-refractivity contribution in [3.05, 3.63) is 48.8 Å². The number of benzene rings is 1. The first-order valence-corrected chi connectivity index (χ1v) is 8.34. The molecule has 143 valence electrons. The zero-order chi connectivity index (χ0) is 18.4. The molecule has 0 spiro atoms. The number of rotatable bonds is 3. The van der Waals surface area contributed by atoms with Gasteiger partial charge in [-0.05, 0) is 22.6 Å². The summed E-state index contributed by atoms with van der Waals surface area (Å²) >= 11 is 0. The Balaban J connectivity index is 0.000000446. The van der Waals surface area contributed by atoms with Crippen LogP contribution in [0, 0.1) is 16.9 Å². The normalized spacial score (nSPS) is 13.9. The van der Waals surface area contributed by atoms with E-state index in [1.54, 1.807) is 10.9 Å². The van der Waals surface area contributed by atoms with Gasteiger partial charge in [-0.2, -0.15) is 29.4 Å². The van der Waals surface area contributed by atoms with Crippen LogP contribution in [0.4, 0.5) is 0 Å². The molecule has 0 amide bonds. The first-order chi connectivity index (χ1) is 11.0. The summed E-state index contributed by atoms with van der Waals surface area (Å²) in [5, 5.41) is 23.6. The summed E-state index contributed by atoms with van der Waals surface area (Å²) in [5.74, 6) is 0. The molecule has 4 nitrogen and oxygen atoms in total. The first kappa shape index (κ1) is 24.0. The van der Waals surface area contributed by atoms with Crippen molar-refractivity contribution in [1.29, 1.82) is 0 Å². The maximum Gasteiger partial charge on any atom is 0.0613 e. The van der Waals surface area contributed by atoms with Gasteiger partial charge in [0.15, 0.2) is 0 Å². The summed E-state index contributed by atoms with van der Waals surface area (Å²) in [7, 11) is 0. The topological polar surface area (TPSA) is 58.3 Å². The summed E-state index contributed by atoms with van der Waals surface area (Å²) in [6, 6.07) is 12.7. The molecule has 0 saturated carbocycles. The number of aliphatic hydroxyl groups excluding tert-OH is 2. The van der Waals surface area contributed by atoms with E-state index in [2.05, 4.69) is 11.2 Å². The Morgan fingerprint density at radius 2 is 1.56 bits per heavy atom. The molecule has 0 aliphatic heterocycles. The van der Waals surface area contributed by atoms with Gasteiger partial charge in [-0.1, -0.05) is 41.5 Å². The Kier molecular flexibility index (Phi) is 9.81. The number of aliphatic hydroxyl groups is 2. The van der Waals surface area contributed by atoms with E-state index >= 15 is 0 Å². The van der Waals surface area contributed by atoms with E-state index in [0.29, 0.717) is 6.42 Å². The minimum atomic E-state index is -0.443. The Hall–Kier alpha value is -1.00. The van der Waals surface area contributed by atoms with Crippen LogP contribution in [0.25, 0.3) is 5.69 Å². The fraction of sp³-hybridized carbons (Fsp3) is 0.550. The fourth-order valence-electron chi connectivity index (χ4n) is 1.86. The van der Waals surface area contributed by atoms with Crippen LogP contribution in [-0.2, 0) is 20.1 Å². The van der Waals surface area contributed by atoms with Crippen molar-refractivity contribution in [3.63, 3.8) is 0 Å². The zero-order valence-electron chi connectivity index (χ0n) is 16.0. The largest absolute Gasteiger partial charge is 0.392 e. The van der Waals surface area contributed by atoms with E-state index in [1.807, 2.05) is 78.1 Å². The molecular formula is C20H31IrN2O2-. The van der Waals surface area contributed by atoms with Gasteiger partial charge in [0.25, 0.3) is 0 Å². The van der Waals surface area contributed by atoms with Crippen LogP contribution >= 0.6 is 0 Å². The average Bonchev–Trinajstić information content (AvgIpc) is 3.01. The van der Waals surface area contributed by atoms with Crippen molar-refractivity contribution < 1.29 is 30.3 Å². The zero-order valence-corrected chi connectivity index (χ0v) is 18.4. The minimum Gasteiger partial charge on any atom is -0.392 e. The number of aromatic nitrogens is 2. The van der Waals surface area contributed by atoms with E-state index in [1.165, 1.54) is 0 Å². The third-order valence-electron chi connectivity index (χ3n) is 3.89. The van der Waals surface area contributed by atoms with Gasteiger partial charge in [-0.3, -0.25) is 4.68 Å². The van der Waals surface area contributed by atoms with Crippen molar-refractivity contribution in [2.45, 2.75) is 60.2 Å². The number of para-hydroxylation sites is 1. The average molecular weight is 524 g/mol. The molecule has 0 aliphatic rings. The number of hydrogen-bond donors (Lipinski definition) is 2. The van der Waals surface area contributed by atoms with E-state index in [0.717, 1.165) is 5.69 Å². The fourth-order valence-corrected chi connectivity index (χ4v) is 1.86. The van der Waals surface area contributed by atoms with Crippen LogP contribution in [0.15, 0.2) is 42.7 Å². The maximum atomic E-state index is 9.76. The van der Waals surface area contributed by atoms with Gasteiger partial charge in [0, 0.05) is 38.9 Å². The Morgan fingerprint density at radius 1 is 1.00 bits per heavy atom. The summed E-state index contributed by atoms with van der Waals surface area (Å²) in [6.45, 7) is 11.9. The van der Waals surface area contributed by atoms with Gasteiger partial charge in [0.1, 0.15) is 0 Å². The van der Waals surface area contributed by atoms with E-state index < -0.39 is 12.2 Å². The molecule has 25 heavy (non-hydrogen) atoms. The molecule has 5 heteroatoms. The standard InChI is InChI=1S/C11H24O2.C9H7N2.Ir/c1-10(2,3)8(12)7-9(13)11(4,5)6;1-2-5-9(6-3-1)11-8-4-7-10-11;/h8-9,12-13H,7H2,1-6H3;1-5,7-8H;/q;-1;. The van der Waals surface area contributed by atoms with Gasteiger partial charge in [-0.15, -0.1) is 6.07 Å². The van der Waals surface area contributed by atoms with Crippen LogP contribution in [0.2, 0.25) is 0 Å². The molecule has 2 atom stereocenters. The molecule has 2 N–H and O–H groups in total. The van der Waals surface area contributed by atoms with Crippen molar-refractivity contribution in [2.24, 2.45) is 10.8 Å².